The summed E-state index contributed by atoms with van der Waals surface area (Å²) in [5, 5.41) is 0. The first-order chi connectivity index (χ1) is 10.1. The summed E-state index contributed by atoms with van der Waals surface area (Å²) < 4.78 is 0. The lowest BCUT2D eigenvalue weighted by atomic mass is 10.1. The minimum Gasteiger partial charge on any atom is -0.383 e. The summed E-state index contributed by atoms with van der Waals surface area (Å²) in [5.41, 5.74) is 4.72. The zero-order valence-corrected chi connectivity index (χ0v) is 12.5. The summed E-state index contributed by atoms with van der Waals surface area (Å²) in [6, 6.07) is 15.9. The molecule has 21 heavy (non-hydrogen) atoms. The lowest BCUT2D eigenvalue weighted by molar-refractivity contribution is -0.112. The minimum atomic E-state index is 0.0236. The Labute approximate surface area is 125 Å². The highest BCUT2D eigenvalue weighted by Crippen LogP contribution is 2.41. The van der Waals surface area contributed by atoms with E-state index in [1.54, 1.807) is 4.90 Å². The first-order valence-electron chi connectivity index (χ1n) is 6.96. The highest BCUT2D eigenvalue weighted by molar-refractivity contribution is 6.34. The molecular formula is C18H18N2O. The summed E-state index contributed by atoms with van der Waals surface area (Å²) in [6.07, 6.45) is 1.89. The minimum absolute atomic E-state index is 0.0236. The van der Waals surface area contributed by atoms with Gasteiger partial charge in [0.15, 0.2) is 0 Å². The van der Waals surface area contributed by atoms with E-state index in [2.05, 4.69) is 0 Å². The van der Waals surface area contributed by atoms with E-state index >= 15 is 0 Å². The Balaban J connectivity index is 2.17. The Morgan fingerprint density at radius 3 is 2.52 bits per heavy atom. The number of rotatable bonds is 2. The van der Waals surface area contributed by atoms with Crippen molar-refractivity contribution in [3.63, 3.8) is 0 Å². The van der Waals surface area contributed by atoms with Crippen molar-refractivity contribution < 1.29 is 4.79 Å². The molecule has 1 amide bonds. The maximum Gasteiger partial charge on any atom is 0.265 e. The molecule has 0 radical (unpaired) electrons. The maximum absolute atomic E-state index is 12.8. The standard InChI is InChI=1S/C18H18N2O/c1-13-7-6-8-14(11-13)20-17-10-5-4-9-15(17)16(18(20)21)12-19(2)3/h4-12H,1-3H3/b16-12-. The third-order valence-electron chi connectivity index (χ3n) is 3.52. The van der Waals surface area contributed by atoms with Crippen molar-refractivity contribution in [2.45, 2.75) is 6.92 Å². The molecule has 1 aliphatic rings. The fraction of sp³-hybridized carbons (Fsp3) is 0.167. The quantitative estimate of drug-likeness (QED) is 0.784. The predicted octanol–water partition coefficient (Wildman–Crippen LogP) is 3.58. The second-order valence-electron chi connectivity index (χ2n) is 5.50. The van der Waals surface area contributed by atoms with E-state index in [0.29, 0.717) is 0 Å². The molecule has 106 valence electrons. The van der Waals surface area contributed by atoms with Crippen LogP contribution in [0.15, 0.2) is 54.7 Å². The molecule has 0 unspecified atom stereocenters. The van der Waals surface area contributed by atoms with Gasteiger partial charge >= 0.3 is 0 Å². The van der Waals surface area contributed by atoms with E-state index in [1.807, 2.05) is 80.6 Å². The normalized spacial score (nSPS) is 15.5. The molecule has 1 heterocycles. The van der Waals surface area contributed by atoms with Gasteiger partial charge in [0, 0.05) is 31.5 Å². The van der Waals surface area contributed by atoms with E-state index in [-0.39, 0.29) is 5.91 Å². The van der Waals surface area contributed by atoms with Crippen LogP contribution < -0.4 is 4.90 Å². The van der Waals surface area contributed by atoms with Crippen LogP contribution in [-0.4, -0.2) is 24.9 Å². The lowest BCUT2D eigenvalue weighted by Gasteiger charge is -2.17. The summed E-state index contributed by atoms with van der Waals surface area (Å²) in [4.78, 5) is 16.5. The molecule has 3 heteroatoms. The summed E-state index contributed by atoms with van der Waals surface area (Å²) in [6.45, 7) is 2.03. The largest absolute Gasteiger partial charge is 0.383 e. The molecule has 2 aromatic carbocycles. The van der Waals surface area contributed by atoms with E-state index < -0.39 is 0 Å². The van der Waals surface area contributed by atoms with Crippen molar-refractivity contribution in [2.75, 3.05) is 19.0 Å². The topological polar surface area (TPSA) is 23.6 Å². The van der Waals surface area contributed by atoms with Gasteiger partial charge in [-0.15, -0.1) is 0 Å². The fourth-order valence-electron chi connectivity index (χ4n) is 2.65. The maximum atomic E-state index is 12.8. The van der Waals surface area contributed by atoms with E-state index in [1.165, 1.54) is 0 Å². The van der Waals surface area contributed by atoms with Crippen LogP contribution >= 0.6 is 0 Å². The van der Waals surface area contributed by atoms with Gasteiger partial charge in [-0.2, -0.15) is 0 Å². The van der Waals surface area contributed by atoms with Crippen molar-refractivity contribution in [1.29, 1.82) is 0 Å². The van der Waals surface area contributed by atoms with Gasteiger partial charge in [0.25, 0.3) is 5.91 Å². The monoisotopic (exact) mass is 278 g/mol. The van der Waals surface area contributed by atoms with Crippen molar-refractivity contribution in [1.82, 2.24) is 4.90 Å². The third kappa shape index (κ3) is 2.31. The van der Waals surface area contributed by atoms with Gasteiger partial charge in [0.05, 0.1) is 11.3 Å². The molecule has 0 bridgehead atoms. The molecule has 3 rings (SSSR count). The molecule has 0 fully saturated rings. The van der Waals surface area contributed by atoms with Crippen LogP contribution in [0.25, 0.3) is 5.57 Å². The van der Waals surface area contributed by atoms with E-state index in [0.717, 1.165) is 28.1 Å². The molecule has 0 N–H and O–H groups in total. The SMILES string of the molecule is Cc1cccc(N2C(=O)/C(=C\N(C)C)c3ccccc32)c1. The number of fused-ring (bicyclic) bond motifs is 1. The number of anilines is 2. The second kappa shape index (κ2) is 5.09. The van der Waals surface area contributed by atoms with Crippen LogP contribution in [0, 0.1) is 6.92 Å². The van der Waals surface area contributed by atoms with Gasteiger partial charge in [-0.25, -0.2) is 0 Å². The Hall–Kier alpha value is -2.55. The Bertz CT molecular complexity index is 732. The predicted molar refractivity (Wildman–Crippen MR) is 86.4 cm³/mol. The van der Waals surface area contributed by atoms with Gasteiger partial charge in [0.1, 0.15) is 0 Å². The number of benzene rings is 2. The number of nitrogens with zero attached hydrogens (tertiary/aromatic N) is 2. The number of carbonyl (C=O) groups excluding carboxylic acids is 1. The van der Waals surface area contributed by atoms with Crippen molar-refractivity contribution >= 4 is 22.9 Å². The molecule has 0 aliphatic carbocycles. The molecule has 0 saturated carbocycles. The van der Waals surface area contributed by atoms with Gasteiger partial charge in [-0.3, -0.25) is 9.69 Å². The smallest absolute Gasteiger partial charge is 0.265 e. The summed E-state index contributed by atoms with van der Waals surface area (Å²) in [5.74, 6) is 0.0236. The van der Waals surface area contributed by atoms with Crippen LogP contribution in [0.4, 0.5) is 11.4 Å². The van der Waals surface area contributed by atoms with Gasteiger partial charge < -0.3 is 4.90 Å². The van der Waals surface area contributed by atoms with E-state index in [4.69, 9.17) is 0 Å². The first-order valence-corrected chi connectivity index (χ1v) is 6.96. The molecule has 0 spiro atoms. The van der Waals surface area contributed by atoms with Crippen molar-refractivity contribution in [2.24, 2.45) is 0 Å². The molecule has 1 aliphatic heterocycles. The first kappa shape index (κ1) is 13.4. The third-order valence-corrected chi connectivity index (χ3v) is 3.52. The lowest BCUT2D eigenvalue weighted by Crippen LogP contribution is -2.21. The second-order valence-corrected chi connectivity index (χ2v) is 5.50. The molecule has 3 nitrogen and oxygen atoms in total. The average Bonchev–Trinajstić information content (AvgIpc) is 2.71. The number of carbonyl (C=O) groups is 1. The van der Waals surface area contributed by atoms with Crippen molar-refractivity contribution in [3.05, 3.63) is 65.9 Å². The van der Waals surface area contributed by atoms with Gasteiger partial charge in [-0.05, 0) is 30.7 Å². The molecule has 2 aromatic rings. The number of hydrogen-bond acceptors (Lipinski definition) is 2. The molecule has 0 atom stereocenters. The van der Waals surface area contributed by atoms with Crippen molar-refractivity contribution in [3.8, 4) is 0 Å². The van der Waals surface area contributed by atoms with Crippen LogP contribution in [-0.2, 0) is 4.79 Å². The summed E-state index contributed by atoms with van der Waals surface area (Å²) >= 11 is 0. The average molecular weight is 278 g/mol. The highest BCUT2D eigenvalue weighted by atomic mass is 16.2. The zero-order valence-electron chi connectivity index (χ0n) is 12.5. The molecule has 0 aromatic heterocycles. The number of hydrogen-bond donors (Lipinski definition) is 0. The van der Waals surface area contributed by atoms with Gasteiger partial charge in [0.2, 0.25) is 0 Å². The number of amides is 1. The van der Waals surface area contributed by atoms with Crippen LogP contribution in [0.1, 0.15) is 11.1 Å². The van der Waals surface area contributed by atoms with E-state index in [9.17, 15) is 4.79 Å². The Morgan fingerprint density at radius 1 is 1.05 bits per heavy atom. The van der Waals surface area contributed by atoms with Crippen LogP contribution in [0.5, 0.6) is 0 Å². The Morgan fingerprint density at radius 2 is 1.81 bits per heavy atom. The number of aryl methyl sites for hydroxylation is 1. The zero-order chi connectivity index (χ0) is 15.0. The van der Waals surface area contributed by atoms with Gasteiger partial charge in [-0.1, -0.05) is 30.3 Å². The Kier molecular flexibility index (Phi) is 3.26. The molecule has 0 saturated heterocycles. The fourth-order valence-corrected chi connectivity index (χ4v) is 2.65. The van der Waals surface area contributed by atoms with Crippen LogP contribution in [0.2, 0.25) is 0 Å². The molecular weight excluding hydrogens is 260 g/mol. The van der Waals surface area contributed by atoms with Crippen LogP contribution in [0.3, 0.4) is 0 Å². The highest BCUT2D eigenvalue weighted by Gasteiger charge is 2.33. The summed E-state index contributed by atoms with van der Waals surface area (Å²) in [7, 11) is 3.86. The number of para-hydroxylation sites is 1.